The van der Waals surface area contributed by atoms with E-state index in [0.29, 0.717) is 40.2 Å². The van der Waals surface area contributed by atoms with E-state index in [-0.39, 0.29) is 0 Å². The number of rotatable bonds is 8. The number of hydrogen-bond donors (Lipinski definition) is 0. The summed E-state index contributed by atoms with van der Waals surface area (Å²) in [6.45, 7) is 0. The first kappa shape index (κ1) is 25.7. The van der Waals surface area contributed by atoms with E-state index in [9.17, 15) is 4.79 Å². The van der Waals surface area contributed by atoms with E-state index in [1.807, 2.05) is 78.9 Å². The lowest BCUT2D eigenvalue weighted by atomic mass is 9.88. The topological polar surface area (TPSA) is 72.5 Å². The molecule has 0 aliphatic carbocycles. The third-order valence-electron chi connectivity index (χ3n) is 6.47. The Morgan fingerprint density at radius 1 is 0.641 bits per heavy atom. The lowest BCUT2D eigenvalue weighted by Crippen LogP contribution is -2.23. The van der Waals surface area contributed by atoms with Crippen LogP contribution < -0.4 is 28.4 Å². The third kappa shape index (κ3) is 5.11. The lowest BCUT2D eigenvalue weighted by Gasteiger charge is -2.26. The molecule has 39 heavy (non-hydrogen) atoms. The summed E-state index contributed by atoms with van der Waals surface area (Å²) in [7, 11) is 6.25. The molecule has 7 heteroatoms. The van der Waals surface area contributed by atoms with Crippen molar-refractivity contribution in [3.8, 4) is 40.2 Å². The Morgan fingerprint density at radius 2 is 1.18 bits per heavy atom. The minimum atomic E-state index is -0.644. The van der Waals surface area contributed by atoms with Gasteiger partial charge < -0.3 is 28.4 Å². The van der Waals surface area contributed by atoms with Crippen molar-refractivity contribution in [1.82, 2.24) is 0 Å². The molecule has 1 aliphatic rings. The fraction of sp³-hybridized carbons (Fsp3) is 0.156. The third-order valence-corrected chi connectivity index (χ3v) is 6.47. The van der Waals surface area contributed by atoms with Gasteiger partial charge in [-0.2, -0.15) is 0 Å². The van der Waals surface area contributed by atoms with E-state index in [2.05, 4.69) is 0 Å². The SMILES string of the molecule is COc1ccc(/C=C/c2cc(OC)c(OC)c(OC)c2)cc1OC(=O)C1c2ccccc2Oc2ccccc21. The predicted octanol–water partition coefficient (Wildman–Crippen LogP) is 6.73. The van der Waals surface area contributed by atoms with Gasteiger partial charge in [0.05, 0.1) is 28.4 Å². The molecule has 0 fully saturated rings. The van der Waals surface area contributed by atoms with Crippen LogP contribution in [-0.2, 0) is 4.79 Å². The van der Waals surface area contributed by atoms with Gasteiger partial charge in [0.2, 0.25) is 5.75 Å². The Balaban J connectivity index is 1.45. The number of hydrogen-bond acceptors (Lipinski definition) is 7. The number of methoxy groups -OCH3 is 4. The molecule has 0 spiro atoms. The highest BCUT2D eigenvalue weighted by Crippen LogP contribution is 2.45. The maximum Gasteiger partial charge on any atom is 0.323 e. The van der Waals surface area contributed by atoms with Crippen LogP contribution in [0.3, 0.4) is 0 Å². The zero-order valence-corrected chi connectivity index (χ0v) is 22.1. The van der Waals surface area contributed by atoms with Gasteiger partial charge in [-0.3, -0.25) is 4.79 Å². The number of ether oxygens (including phenoxy) is 6. The van der Waals surface area contributed by atoms with Crippen molar-refractivity contribution in [2.24, 2.45) is 0 Å². The zero-order chi connectivity index (χ0) is 27.4. The summed E-state index contributed by atoms with van der Waals surface area (Å²) in [5.74, 6) is 2.58. The van der Waals surface area contributed by atoms with Crippen LogP contribution in [-0.4, -0.2) is 34.4 Å². The van der Waals surface area contributed by atoms with Crippen LogP contribution in [0.5, 0.6) is 40.2 Å². The van der Waals surface area contributed by atoms with Gasteiger partial charge in [0.25, 0.3) is 0 Å². The van der Waals surface area contributed by atoms with Crippen LogP contribution in [0, 0.1) is 0 Å². The van der Waals surface area contributed by atoms with Crippen molar-refractivity contribution < 1.29 is 33.2 Å². The molecule has 1 heterocycles. The Bertz CT molecular complexity index is 1470. The summed E-state index contributed by atoms with van der Waals surface area (Å²) in [4.78, 5) is 13.7. The zero-order valence-electron chi connectivity index (χ0n) is 22.1. The first-order chi connectivity index (χ1) is 19.1. The Labute approximate surface area is 227 Å². The summed E-state index contributed by atoms with van der Waals surface area (Å²) in [6.07, 6.45) is 3.80. The second-order valence-corrected chi connectivity index (χ2v) is 8.73. The molecule has 0 bridgehead atoms. The fourth-order valence-corrected chi connectivity index (χ4v) is 4.60. The minimum Gasteiger partial charge on any atom is -0.493 e. The van der Waals surface area contributed by atoms with Gasteiger partial charge in [-0.05, 0) is 47.5 Å². The molecule has 0 amide bonds. The van der Waals surface area contributed by atoms with Crippen LogP contribution in [0.25, 0.3) is 12.2 Å². The predicted molar refractivity (Wildman–Crippen MR) is 148 cm³/mol. The van der Waals surface area contributed by atoms with Crippen molar-refractivity contribution in [2.45, 2.75) is 5.92 Å². The Hall–Kier alpha value is -4.91. The molecule has 7 nitrogen and oxygen atoms in total. The molecule has 0 N–H and O–H groups in total. The first-order valence-electron chi connectivity index (χ1n) is 12.3. The van der Waals surface area contributed by atoms with Crippen LogP contribution >= 0.6 is 0 Å². The number of carbonyl (C=O) groups is 1. The summed E-state index contributed by atoms with van der Waals surface area (Å²) in [5, 5.41) is 0. The van der Waals surface area contributed by atoms with E-state index >= 15 is 0 Å². The van der Waals surface area contributed by atoms with E-state index in [1.54, 1.807) is 33.5 Å². The van der Waals surface area contributed by atoms with Gasteiger partial charge in [0, 0.05) is 11.1 Å². The van der Waals surface area contributed by atoms with Crippen molar-refractivity contribution in [3.05, 3.63) is 101 Å². The Morgan fingerprint density at radius 3 is 1.74 bits per heavy atom. The largest absolute Gasteiger partial charge is 0.493 e. The first-order valence-corrected chi connectivity index (χ1v) is 12.3. The maximum absolute atomic E-state index is 13.7. The van der Waals surface area contributed by atoms with Gasteiger partial charge in [-0.15, -0.1) is 0 Å². The lowest BCUT2D eigenvalue weighted by molar-refractivity contribution is -0.135. The quantitative estimate of drug-likeness (QED) is 0.144. The average molecular weight is 525 g/mol. The summed E-state index contributed by atoms with van der Waals surface area (Å²) >= 11 is 0. The molecular formula is C32H28O7. The van der Waals surface area contributed by atoms with Crippen LogP contribution in [0.1, 0.15) is 28.2 Å². The van der Waals surface area contributed by atoms with Crippen molar-refractivity contribution >= 4 is 18.1 Å². The van der Waals surface area contributed by atoms with E-state index in [4.69, 9.17) is 28.4 Å². The standard InChI is InChI=1S/C32H28O7/c1-34-26-16-15-20(13-14-21-18-28(35-2)31(37-4)29(19-21)36-3)17-27(26)39-32(33)30-22-9-5-7-11-24(22)38-25-12-8-6-10-23(25)30/h5-19,30H,1-4H3/b14-13+. The number of para-hydroxylation sites is 2. The van der Waals surface area contributed by atoms with Gasteiger partial charge in [0.15, 0.2) is 23.0 Å². The Kier molecular flexibility index (Phi) is 7.41. The number of fused-ring (bicyclic) bond motifs is 2. The second kappa shape index (κ2) is 11.2. The van der Waals surface area contributed by atoms with Crippen LogP contribution in [0.2, 0.25) is 0 Å². The van der Waals surface area contributed by atoms with Gasteiger partial charge >= 0.3 is 5.97 Å². The normalized spacial score (nSPS) is 12.2. The molecular weight excluding hydrogens is 496 g/mol. The highest BCUT2D eigenvalue weighted by molar-refractivity contribution is 5.87. The molecule has 0 atom stereocenters. The maximum atomic E-state index is 13.7. The summed E-state index contributed by atoms with van der Waals surface area (Å²) < 4.78 is 33.8. The van der Waals surface area contributed by atoms with Crippen molar-refractivity contribution in [2.75, 3.05) is 28.4 Å². The number of carbonyl (C=O) groups excluding carboxylic acids is 1. The van der Waals surface area contributed by atoms with E-state index in [0.717, 1.165) is 22.3 Å². The second-order valence-electron chi connectivity index (χ2n) is 8.73. The monoisotopic (exact) mass is 524 g/mol. The molecule has 5 rings (SSSR count). The molecule has 0 unspecified atom stereocenters. The van der Waals surface area contributed by atoms with Gasteiger partial charge in [0.1, 0.15) is 17.4 Å². The van der Waals surface area contributed by atoms with Gasteiger partial charge in [-0.1, -0.05) is 54.6 Å². The molecule has 4 aromatic rings. The van der Waals surface area contributed by atoms with E-state index in [1.165, 1.54) is 7.11 Å². The fourth-order valence-electron chi connectivity index (χ4n) is 4.60. The molecule has 0 saturated heterocycles. The molecule has 0 aromatic heterocycles. The summed E-state index contributed by atoms with van der Waals surface area (Å²) in [5.41, 5.74) is 3.15. The molecule has 198 valence electrons. The average Bonchev–Trinajstić information content (AvgIpc) is 2.98. The van der Waals surface area contributed by atoms with Crippen molar-refractivity contribution in [1.29, 1.82) is 0 Å². The van der Waals surface area contributed by atoms with Gasteiger partial charge in [-0.25, -0.2) is 0 Å². The molecule has 1 aliphatic heterocycles. The molecule has 4 aromatic carbocycles. The highest BCUT2D eigenvalue weighted by Gasteiger charge is 2.34. The smallest absolute Gasteiger partial charge is 0.323 e. The number of benzene rings is 4. The van der Waals surface area contributed by atoms with E-state index < -0.39 is 11.9 Å². The molecule has 0 saturated carbocycles. The highest BCUT2D eigenvalue weighted by atomic mass is 16.6. The number of esters is 1. The van der Waals surface area contributed by atoms with Crippen LogP contribution in [0.4, 0.5) is 0 Å². The summed E-state index contributed by atoms with van der Waals surface area (Å²) in [6, 6.07) is 24.1. The van der Waals surface area contributed by atoms with Crippen LogP contribution in [0.15, 0.2) is 78.9 Å². The minimum absolute atomic E-state index is 0.316. The van der Waals surface area contributed by atoms with Crippen molar-refractivity contribution in [3.63, 3.8) is 0 Å². The molecule has 0 radical (unpaired) electrons.